The third-order valence-corrected chi connectivity index (χ3v) is 4.20. The number of unbranched alkanes of at least 4 members (excludes halogenated alkanes) is 10. The zero-order valence-corrected chi connectivity index (χ0v) is 15.5. The van der Waals surface area contributed by atoms with Gasteiger partial charge in [0.25, 0.3) is 0 Å². The van der Waals surface area contributed by atoms with E-state index in [1.165, 1.54) is 51.4 Å². The summed E-state index contributed by atoms with van der Waals surface area (Å²) in [5.41, 5.74) is 0. The fourth-order valence-corrected chi connectivity index (χ4v) is 2.76. The molecule has 0 rings (SSSR count). The average molecular weight is 327 g/mol. The molecule has 0 N–H and O–H groups in total. The Morgan fingerprint density at radius 2 is 1.04 bits per heavy atom. The van der Waals surface area contributed by atoms with Crippen molar-refractivity contribution < 1.29 is 14.3 Å². The molecule has 0 atom stereocenters. The standard InChI is InChI=1S/C20H38O3/c1-3-5-13-16-19(21)17-14-11-9-7-6-8-10-12-15-18-20(22)23-4-2/h3-18H2,1-2H3. The van der Waals surface area contributed by atoms with Gasteiger partial charge in [-0.1, -0.05) is 64.7 Å². The highest BCUT2D eigenvalue weighted by molar-refractivity contribution is 5.78. The van der Waals surface area contributed by atoms with E-state index in [1.54, 1.807) is 0 Å². The number of esters is 1. The Balaban J connectivity index is 3.16. The van der Waals surface area contributed by atoms with E-state index in [-0.39, 0.29) is 5.97 Å². The van der Waals surface area contributed by atoms with Crippen molar-refractivity contribution in [3.05, 3.63) is 0 Å². The number of hydrogen-bond donors (Lipinski definition) is 0. The first-order valence-corrected chi connectivity index (χ1v) is 9.88. The van der Waals surface area contributed by atoms with Crippen LogP contribution in [0.4, 0.5) is 0 Å². The Labute approximate surface area is 143 Å². The molecule has 23 heavy (non-hydrogen) atoms. The van der Waals surface area contributed by atoms with Gasteiger partial charge in [-0.3, -0.25) is 9.59 Å². The molecule has 0 fully saturated rings. The summed E-state index contributed by atoms with van der Waals surface area (Å²) in [6, 6.07) is 0. The van der Waals surface area contributed by atoms with Crippen LogP contribution in [0.3, 0.4) is 0 Å². The summed E-state index contributed by atoms with van der Waals surface area (Å²) in [5.74, 6) is 0.400. The maximum Gasteiger partial charge on any atom is 0.305 e. The van der Waals surface area contributed by atoms with Crippen LogP contribution in [0.1, 0.15) is 110 Å². The molecule has 0 aliphatic rings. The summed E-state index contributed by atoms with van der Waals surface area (Å²) in [7, 11) is 0. The van der Waals surface area contributed by atoms with Crippen LogP contribution in [-0.2, 0) is 14.3 Å². The normalized spacial score (nSPS) is 10.7. The summed E-state index contributed by atoms with van der Waals surface area (Å²) in [6.45, 7) is 4.51. The third-order valence-electron chi connectivity index (χ3n) is 4.20. The van der Waals surface area contributed by atoms with Crippen LogP contribution >= 0.6 is 0 Å². The average Bonchev–Trinajstić information content (AvgIpc) is 2.53. The van der Waals surface area contributed by atoms with Crippen molar-refractivity contribution in [1.29, 1.82) is 0 Å². The highest BCUT2D eigenvalue weighted by Gasteiger charge is 2.02. The lowest BCUT2D eigenvalue weighted by Crippen LogP contribution is -2.03. The highest BCUT2D eigenvalue weighted by Crippen LogP contribution is 2.12. The second-order valence-electron chi connectivity index (χ2n) is 6.48. The zero-order chi connectivity index (χ0) is 17.2. The first kappa shape index (κ1) is 22.1. The maximum absolute atomic E-state index is 11.6. The molecule has 0 aliphatic carbocycles. The van der Waals surface area contributed by atoms with E-state index in [4.69, 9.17) is 4.74 Å². The molecule has 0 unspecified atom stereocenters. The van der Waals surface area contributed by atoms with Gasteiger partial charge in [0.15, 0.2) is 0 Å². The number of ketones is 1. The quantitative estimate of drug-likeness (QED) is 0.243. The van der Waals surface area contributed by atoms with Crippen LogP contribution in [0.2, 0.25) is 0 Å². The van der Waals surface area contributed by atoms with Gasteiger partial charge in [-0.15, -0.1) is 0 Å². The monoisotopic (exact) mass is 326 g/mol. The molecular weight excluding hydrogens is 288 g/mol. The molecule has 3 heteroatoms. The Bertz CT molecular complexity index is 287. The number of ether oxygens (including phenoxy) is 1. The van der Waals surface area contributed by atoms with Crippen molar-refractivity contribution in [2.24, 2.45) is 0 Å². The Morgan fingerprint density at radius 1 is 0.609 bits per heavy atom. The van der Waals surface area contributed by atoms with E-state index in [1.807, 2.05) is 6.92 Å². The summed E-state index contributed by atoms with van der Waals surface area (Å²) in [5, 5.41) is 0. The fraction of sp³-hybridized carbons (Fsp3) is 0.900. The maximum atomic E-state index is 11.6. The summed E-state index contributed by atoms with van der Waals surface area (Å²) in [4.78, 5) is 22.8. The Morgan fingerprint density at radius 3 is 1.52 bits per heavy atom. The molecule has 0 radical (unpaired) electrons. The molecule has 0 heterocycles. The zero-order valence-electron chi connectivity index (χ0n) is 15.5. The summed E-state index contributed by atoms with van der Waals surface area (Å²) < 4.78 is 4.91. The van der Waals surface area contributed by atoms with Gasteiger partial charge in [0.1, 0.15) is 5.78 Å². The van der Waals surface area contributed by atoms with Gasteiger partial charge in [-0.25, -0.2) is 0 Å². The molecule has 3 nitrogen and oxygen atoms in total. The first-order chi connectivity index (χ1) is 11.2. The second kappa shape index (κ2) is 17.5. The van der Waals surface area contributed by atoms with Crippen LogP contribution in [-0.4, -0.2) is 18.4 Å². The first-order valence-electron chi connectivity index (χ1n) is 9.88. The molecule has 0 bridgehead atoms. The molecule has 0 aliphatic heterocycles. The number of hydrogen-bond acceptors (Lipinski definition) is 3. The molecule has 0 aromatic heterocycles. The number of rotatable bonds is 17. The highest BCUT2D eigenvalue weighted by atomic mass is 16.5. The number of Topliss-reactive ketones (excluding diaryl/α,β-unsaturated/α-hetero) is 1. The van der Waals surface area contributed by atoms with E-state index < -0.39 is 0 Å². The predicted octanol–water partition coefficient (Wildman–Crippen LogP) is 5.99. The molecule has 0 saturated carbocycles. The van der Waals surface area contributed by atoms with Gasteiger partial charge >= 0.3 is 5.97 Å². The van der Waals surface area contributed by atoms with Crippen molar-refractivity contribution in [3.63, 3.8) is 0 Å². The molecule has 136 valence electrons. The predicted molar refractivity (Wildman–Crippen MR) is 96.6 cm³/mol. The van der Waals surface area contributed by atoms with Gasteiger partial charge in [0, 0.05) is 19.3 Å². The molecule has 0 spiro atoms. The topological polar surface area (TPSA) is 43.4 Å². The fourth-order valence-electron chi connectivity index (χ4n) is 2.76. The number of carbonyl (C=O) groups excluding carboxylic acids is 2. The van der Waals surface area contributed by atoms with E-state index >= 15 is 0 Å². The van der Waals surface area contributed by atoms with E-state index in [0.717, 1.165) is 38.5 Å². The Kier molecular flexibility index (Phi) is 16.8. The minimum atomic E-state index is -0.0586. The van der Waals surface area contributed by atoms with E-state index in [2.05, 4.69) is 6.92 Å². The summed E-state index contributed by atoms with van der Waals surface area (Å²) in [6.07, 6.45) is 16.3. The largest absolute Gasteiger partial charge is 0.466 e. The Hall–Kier alpha value is -0.860. The van der Waals surface area contributed by atoms with E-state index in [0.29, 0.717) is 18.8 Å². The van der Waals surface area contributed by atoms with Gasteiger partial charge in [0.05, 0.1) is 6.61 Å². The van der Waals surface area contributed by atoms with Crippen molar-refractivity contribution in [2.75, 3.05) is 6.61 Å². The smallest absolute Gasteiger partial charge is 0.305 e. The van der Waals surface area contributed by atoms with Crippen molar-refractivity contribution in [1.82, 2.24) is 0 Å². The van der Waals surface area contributed by atoms with Crippen LogP contribution in [0, 0.1) is 0 Å². The van der Waals surface area contributed by atoms with Gasteiger partial charge in [0.2, 0.25) is 0 Å². The summed E-state index contributed by atoms with van der Waals surface area (Å²) >= 11 is 0. The molecule has 0 aromatic rings. The van der Waals surface area contributed by atoms with Crippen LogP contribution in [0.5, 0.6) is 0 Å². The molecular formula is C20H38O3. The van der Waals surface area contributed by atoms with Crippen LogP contribution in [0.15, 0.2) is 0 Å². The molecule has 0 aromatic carbocycles. The van der Waals surface area contributed by atoms with Crippen LogP contribution < -0.4 is 0 Å². The third kappa shape index (κ3) is 17.3. The van der Waals surface area contributed by atoms with Crippen LogP contribution in [0.25, 0.3) is 0 Å². The van der Waals surface area contributed by atoms with Crippen molar-refractivity contribution in [3.8, 4) is 0 Å². The van der Waals surface area contributed by atoms with Gasteiger partial charge in [-0.05, 0) is 26.2 Å². The second-order valence-corrected chi connectivity index (χ2v) is 6.48. The number of carbonyl (C=O) groups is 2. The molecule has 0 saturated heterocycles. The van der Waals surface area contributed by atoms with Crippen molar-refractivity contribution >= 4 is 11.8 Å². The van der Waals surface area contributed by atoms with E-state index in [9.17, 15) is 9.59 Å². The minimum Gasteiger partial charge on any atom is -0.466 e. The lowest BCUT2D eigenvalue weighted by molar-refractivity contribution is -0.143. The lowest BCUT2D eigenvalue weighted by atomic mass is 10.0. The van der Waals surface area contributed by atoms with Gasteiger partial charge < -0.3 is 4.74 Å². The molecule has 0 amide bonds. The minimum absolute atomic E-state index is 0.0586. The van der Waals surface area contributed by atoms with Crippen molar-refractivity contribution in [2.45, 2.75) is 110 Å². The SMILES string of the molecule is CCCCCC(=O)CCCCCCCCCCCC(=O)OCC. The lowest BCUT2D eigenvalue weighted by Gasteiger charge is -2.03. The van der Waals surface area contributed by atoms with Gasteiger partial charge in [-0.2, -0.15) is 0 Å².